The highest BCUT2D eigenvalue weighted by atomic mass is 14.5. The van der Waals surface area contributed by atoms with Crippen molar-refractivity contribution in [3.63, 3.8) is 0 Å². The summed E-state index contributed by atoms with van der Waals surface area (Å²) in [4.78, 5) is 0. The Morgan fingerprint density at radius 2 is 2.04 bits per heavy atom. The van der Waals surface area contributed by atoms with Crippen molar-refractivity contribution in [3.8, 4) is 0 Å². The highest BCUT2D eigenvalue weighted by Gasteiger charge is 2.25. The normalized spacial score (nSPS) is 21.6. The van der Waals surface area contributed by atoms with Crippen LogP contribution in [0.15, 0.2) is 46.1 Å². The number of rotatable bonds is 10. The van der Waals surface area contributed by atoms with E-state index in [0.29, 0.717) is 12.5 Å². The standard InChI is InChI=1S/C24H39N/c1-6-22(23-14-18(3)19(4)15-23)16-20(5)24(12-11-21-9-10-21)17(2)8-7-13-25/h7-8,14,20-22H,6,9-13,15-16,25H2,1-5H3/b8-7-,24-17-. The Morgan fingerprint density at radius 1 is 1.32 bits per heavy atom. The van der Waals surface area contributed by atoms with Gasteiger partial charge in [-0.15, -0.1) is 0 Å². The molecule has 0 radical (unpaired) electrons. The molecule has 2 aliphatic carbocycles. The van der Waals surface area contributed by atoms with Crippen molar-refractivity contribution in [1.82, 2.24) is 0 Å². The Hall–Kier alpha value is -1.08. The van der Waals surface area contributed by atoms with Crippen LogP contribution in [-0.2, 0) is 0 Å². The molecule has 1 fully saturated rings. The van der Waals surface area contributed by atoms with Crippen LogP contribution in [0.2, 0.25) is 0 Å². The van der Waals surface area contributed by atoms with Crippen molar-refractivity contribution in [1.29, 1.82) is 0 Å². The van der Waals surface area contributed by atoms with Gasteiger partial charge in [-0.25, -0.2) is 0 Å². The van der Waals surface area contributed by atoms with Gasteiger partial charge < -0.3 is 5.73 Å². The van der Waals surface area contributed by atoms with Gasteiger partial charge in [0.1, 0.15) is 0 Å². The summed E-state index contributed by atoms with van der Waals surface area (Å²) in [6.07, 6.45) is 16.1. The number of allylic oxidation sites excluding steroid dienone is 7. The minimum Gasteiger partial charge on any atom is -0.327 e. The van der Waals surface area contributed by atoms with Crippen LogP contribution < -0.4 is 5.73 Å². The fourth-order valence-electron chi connectivity index (χ4n) is 4.26. The van der Waals surface area contributed by atoms with Gasteiger partial charge in [0, 0.05) is 6.54 Å². The summed E-state index contributed by atoms with van der Waals surface area (Å²) in [5.74, 6) is 2.39. The molecule has 1 saturated carbocycles. The van der Waals surface area contributed by atoms with Crippen LogP contribution >= 0.6 is 0 Å². The number of hydrogen-bond donors (Lipinski definition) is 1. The smallest absolute Gasteiger partial charge is 0.0110 e. The van der Waals surface area contributed by atoms with Crippen LogP contribution in [0.3, 0.4) is 0 Å². The molecule has 2 N–H and O–H groups in total. The van der Waals surface area contributed by atoms with E-state index in [2.05, 4.69) is 52.8 Å². The minimum absolute atomic E-state index is 0.635. The monoisotopic (exact) mass is 341 g/mol. The molecule has 0 aromatic heterocycles. The highest BCUT2D eigenvalue weighted by molar-refractivity contribution is 5.38. The second-order valence-electron chi connectivity index (χ2n) is 8.43. The Bertz CT molecular complexity index is 569. The molecule has 0 saturated heterocycles. The molecule has 0 amide bonds. The van der Waals surface area contributed by atoms with Gasteiger partial charge in [-0.3, -0.25) is 0 Å². The highest BCUT2D eigenvalue weighted by Crippen LogP contribution is 2.40. The Morgan fingerprint density at radius 3 is 2.56 bits per heavy atom. The molecule has 0 spiro atoms. The second kappa shape index (κ2) is 9.57. The summed E-state index contributed by atoms with van der Waals surface area (Å²) in [6, 6.07) is 0. The van der Waals surface area contributed by atoms with E-state index < -0.39 is 0 Å². The fraction of sp³-hybridized carbons (Fsp3) is 0.667. The van der Waals surface area contributed by atoms with Crippen LogP contribution in [0.5, 0.6) is 0 Å². The van der Waals surface area contributed by atoms with Gasteiger partial charge in [-0.05, 0) is 70.6 Å². The lowest BCUT2D eigenvalue weighted by molar-refractivity contribution is 0.444. The summed E-state index contributed by atoms with van der Waals surface area (Å²) < 4.78 is 0. The average molecular weight is 342 g/mol. The van der Waals surface area contributed by atoms with E-state index in [1.807, 2.05) is 0 Å². The Kier molecular flexibility index (Phi) is 7.75. The Balaban J connectivity index is 2.07. The molecule has 1 nitrogen and oxygen atoms in total. The van der Waals surface area contributed by atoms with E-state index in [4.69, 9.17) is 5.73 Å². The average Bonchev–Trinajstić information content (AvgIpc) is 3.35. The van der Waals surface area contributed by atoms with Crippen LogP contribution in [0, 0.1) is 17.8 Å². The zero-order chi connectivity index (χ0) is 18.4. The molecular weight excluding hydrogens is 302 g/mol. The molecule has 140 valence electrons. The maximum Gasteiger partial charge on any atom is 0.0110 e. The lowest BCUT2D eigenvalue weighted by atomic mass is 9.80. The summed E-state index contributed by atoms with van der Waals surface area (Å²) in [6.45, 7) is 12.3. The molecule has 2 rings (SSSR count). The lowest BCUT2D eigenvalue weighted by Gasteiger charge is -2.25. The van der Waals surface area contributed by atoms with E-state index >= 15 is 0 Å². The zero-order valence-corrected chi connectivity index (χ0v) is 17.2. The van der Waals surface area contributed by atoms with Gasteiger partial charge in [0.2, 0.25) is 0 Å². The van der Waals surface area contributed by atoms with Crippen LogP contribution in [0.4, 0.5) is 0 Å². The molecule has 0 aromatic rings. The van der Waals surface area contributed by atoms with Crippen molar-refractivity contribution in [2.45, 2.75) is 79.6 Å². The Labute approximate surface area is 156 Å². The maximum absolute atomic E-state index is 5.67. The molecule has 0 heterocycles. The first-order valence-electron chi connectivity index (χ1n) is 10.4. The first kappa shape index (κ1) is 20.2. The predicted molar refractivity (Wildman–Crippen MR) is 111 cm³/mol. The molecule has 2 atom stereocenters. The first-order valence-corrected chi connectivity index (χ1v) is 10.4. The third-order valence-electron chi connectivity index (χ3n) is 6.32. The molecular formula is C24H39N. The van der Waals surface area contributed by atoms with Crippen LogP contribution in [0.25, 0.3) is 0 Å². The molecule has 25 heavy (non-hydrogen) atoms. The van der Waals surface area contributed by atoms with Crippen LogP contribution in [-0.4, -0.2) is 6.54 Å². The van der Waals surface area contributed by atoms with Gasteiger partial charge in [-0.2, -0.15) is 0 Å². The van der Waals surface area contributed by atoms with Crippen molar-refractivity contribution >= 4 is 0 Å². The van der Waals surface area contributed by atoms with Crippen molar-refractivity contribution in [3.05, 3.63) is 46.1 Å². The van der Waals surface area contributed by atoms with E-state index in [-0.39, 0.29) is 0 Å². The molecule has 2 aliphatic rings. The second-order valence-corrected chi connectivity index (χ2v) is 8.43. The summed E-state index contributed by atoms with van der Waals surface area (Å²) in [7, 11) is 0. The number of hydrogen-bond acceptors (Lipinski definition) is 1. The van der Waals surface area contributed by atoms with E-state index in [0.717, 1.165) is 11.8 Å². The molecule has 1 heteroatoms. The predicted octanol–water partition coefficient (Wildman–Crippen LogP) is 6.73. The van der Waals surface area contributed by atoms with E-state index in [1.165, 1.54) is 56.1 Å². The topological polar surface area (TPSA) is 26.0 Å². The SMILES string of the molecule is CCC(CC(C)/C(CCC1CC1)=C(C)\C=C/CN)C1=CC(C)=C(C)C1. The van der Waals surface area contributed by atoms with Crippen molar-refractivity contribution in [2.75, 3.05) is 6.54 Å². The largest absolute Gasteiger partial charge is 0.327 e. The van der Waals surface area contributed by atoms with Gasteiger partial charge in [0.25, 0.3) is 0 Å². The third-order valence-corrected chi connectivity index (χ3v) is 6.32. The van der Waals surface area contributed by atoms with Gasteiger partial charge >= 0.3 is 0 Å². The van der Waals surface area contributed by atoms with Crippen molar-refractivity contribution in [2.24, 2.45) is 23.5 Å². The van der Waals surface area contributed by atoms with Gasteiger partial charge in [0.05, 0.1) is 0 Å². The number of nitrogens with two attached hydrogens (primary N) is 1. The molecule has 0 aromatic carbocycles. The van der Waals surface area contributed by atoms with E-state index in [9.17, 15) is 0 Å². The van der Waals surface area contributed by atoms with E-state index in [1.54, 1.807) is 16.7 Å². The zero-order valence-electron chi connectivity index (χ0n) is 17.2. The summed E-state index contributed by atoms with van der Waals surface area (Å²) >= 11 is 0. The lowest BCUT2D eigenvalue weighted by Crippen LogP contribution is -2.11. The van der Waals surface area contributed by atoms with Crippen molar-refractivity contribution < 1.29 is 0 Å². The van der Waals surface area contributed by atoms with Crippen LogP contribution in [0.1, 0.15) is 79.6 Å². The van der Waals surface area contributed by atoms with Gasteiger partial charge in [0.15, 0.2) is 0 Å². The molecule has 0 aliphatic heterocycles. The molecule has 2 unspecified atom stereocenters. The molecule has 0 bridgehead atoms. The summed E-state index contributed by atoms with van der Waals surface area (Å²) in [5.41, 5.74) is 13.5. The first-order chi connectivity index (χ1) is 12.0. The third kappa shape index (κ3) is 5.99. The fourth-order valence-corrected chi connectivity index (χ4v) is 4.26. The quantitative estimate of drug-likeness (QED) is 0.438. The summed E-state index contributed by atoms with van der Waals surface area (Å²) in [5, 5.41) is 0. The van der Waals surface area contributed by atoms with Gasteiger partial charge in [-0.1, -0.05) is 72.8 Å². The minimum atomic E-state index is 0.635. The maximum atomic E-state index is 5.67.